The number of nitrogens with one attached hydrogen (secondary N) is 2. The number of H-pyrrole nitrogens is 2. The van der Waals surface area contributed by atoms with Crippen LogP contribution in [0.4, 0.5) is 0 Å². The molecule has 0 aliphatic rings. The fourth-order valence-electron chi connectivity index (χ4n) is 0.952. The van der Waals surface area contributed by atoms with E-state index in [1.165, 1.54) is 0 Å². The number of hydrogen-bond donors (Lipinski definition) is 2. The summed E-state index contributed by atoms with van der Waals surface area (Å²) in [6, 6.07) is 10.1. The zero-order valence-electron chi connectivity index (χ0n) is 6.16. The van der Waals surface area contributed by atoms with Crippen molar-refractivity contribution >= 4 is 0 Å². The van der Waals surface area contributed by atoms with Crippen LogP contribution >= 0.6 is 0 Å². The summed E-state index contributed by atoms with van der Waals surface area (Å²) in [6.45, 7) is 0. The molecule has 4 nitrogen and oxygen atoms in total. The van der Waals surface area contributed by atoms with E-state index in [4.69, 9.17) is 0 Å². The van der Waals surface area contributed by atoms with E-state index in [9.17, 15) is 4.79 Å². The third-order valence-corrected chi connectivity index (χ3v) is 1.49. The summed E-state index contributed by atoms with van der Waals surface area (Å²) in [5.41, 5.74) is 0.574. The van der Waals surface area contributed by atoms with Gasteiger partial charge in [0.25, 0.3) is 0 Å². The van der Waals surface area contributed by atoms with Crippen molar-refractivity contribution < 1.29 is 0 Å². The predicted molar refractivity (Wildman–Crippen MR) is 43.5 cm³/mol. The van der Waals surface area contributed by atoms with E-state index in [1.807, 2.05) is 12.1 Å². The Labute approximate surface area is 68.3 Å². The van der Waals surface area contributed by atoms with Gasteiger partial charge in [0.2, 0.25) is 0 Å². The highest BCUT2D eigenvalue weighted by atomic mass is 16.1. The normalized spacial score (nSPS) is 10.0. The maximum absolute atomic E-state index is 10.7. The van der Waals surface area contributed by atoms with Crippen molar-refractivity contribution in [2.45, 2.75) is 0 Å². The molecule has 2 aromatic rings. The molecule has 1 radical (unpaired) electrons. The molecule has 2 N–H and O–H groups in total. The largest absolute Gasteiger partial charge is 0.340 e. The van der Waals surface area contributed by atoms with Crippen LogP contribution in [0.2, 0.25) is 0 Å². The van der Waals surface area contributed by atoms with Gasteiger partial charge in [0.05, 0.1) is 0 Å². The fraction of sp³-hybridized carbons (Fsp3) is 0. The quantitative estimate of drug-likeness (QED) is 0.640. The van der Waals surface area contributed by atoms with E-state index in [-0.39, 0.29) is 5.69 Å². The molecule has 0 saturated heterocycles. The van der Waals surface area contributed by atoms with Gasteiger partial charge in [0, 0.05) is 5.56 Å². The highest BCUT2D eigenvalue weighted by molar-refractivity contribution is 5.53. The van der Waals surface area contributed by atoms with Gasteiger partial charge in [0.15, 0.2) is 5.82 Å². The van der Waals surface area contributed by atoms with E-state index >= 15 is 0 Å². The van der Waals surface area contributed by atoms with Gasteiger partial charge >= 0.3 is 5.69 Å². The Morgan fingerprint density at radius 3 is 2.67 bits per heavy atom. The Bertz CT molecular complexity index is 415. The molecular formula is C8H6N3O. The summed E-state index contributed by atoms with van der Waals surface area (Å²) in [5.74, 6) is 0.550. The molecule has 12 heavy (non-hydrogen) atoms. The minimum atomic E-state index is -0.294. The maximum Gasteiger partial charge on any atom is 0.340 e. The molecule has 0 unspecified atom stereocenters. The second-order valence-electron chi connectivity index (χ2n) is 2.32. The Balaban J connectivity index is 2.51. The summed E-state index contributed by atoms with van der Waals surface area (Å²) >= 11 is 0. The van der Waals surface area contributed by atoms with Gasteiger partial charge in [-0.25, -0.2) is 9.89 Å². The lowest BCUT2D eigenvalue weighted by Crippen LogP contribution is -2.00. The van der Waals surface area contributed by atoms with Gasteiger partial charge < -0.3 is 0 Å². The van der Waals surface area contributed by atoms with Crippen LogP contribution in [0.25, 0.3) is 11.4 Å². The first-order valence-electron chi connectivity index (χ1n) is 3.47. The van der Waals surface area contributed by atoms with Crippen LogP contribution in [-0.4, -0.2) is 15.2 Å². The first kappa shape index (κ1) is 6.84. The number of nitrogens with zero attached hydrogens (tertiary/aromatic N) is 1. The smallest absolute Gasteiger partial charge is 0.289 e. The molecule has 0 amide bonds. The van der Waals surface area contributed by atoms with E-state index in [0.717, 1.165) is 5.56 Å². The molecule has 1 aromatic carbocycles. The Kier molecular flexibility index (Phi) is 1.51. The number of benzene rings is 1. The molecule has 0 aliphatic heterocycles. The van der Waals surface area contributed by atoms with Crippen LogP contribution in [0.5, 0.6) is 0 Å². The number of aromatic nitrogens is 3. The average Bonchev–Trinajstić information content (AvgIpc) is 2.54. The summed E-state index contributed by atoms with van der Waals surface area (Å²) < 4.78 is 0. The Morgan fingerprint density at radius 2 is 2.08 bits per heavy atom. The molecule has 1 aromatic heterocycles. The molecule has 0 atom stereocenters. The van der Waals surface area contributed by atoms with Crippen molar-refractivity contribution in [3.63, 3.8) is 0 Å². The van der Waals surface area contributed by atoms with Crippen molar-refractivity contribution in [3.8, 4) is 11.4 Å². The zero-order valence-corrected chi connectivity index (χ0v) is 6.16. The summed E-state index contributed by atoms with van der Waals surface area (Å²) in [7, 11) is 0. The number of rotatable bonds is 1. The number of hydrogen-bond acceptors (Lipinski definition) is 2. The maximum atomic E-state index is 10.7. The molecule has 59 valence electrons. The highest BCUT2D eigenvalue weighted by Crippen LogP contribution is 2.09. The topological polar surface area (TPSA) is 61.5 Å². The van der Waals surface area contributed by atoms with Gasteiger partial charge in [-0.05, 0) is 6.07 Å². The van der Waals surface area contributed by atoms with Gasteiger partial charge in [-0.3, -0.25) is 4.98 Å². The van der Waals surface area contributed by atoms with Crippen LogP contribution < -0.4 is 5.69 Å². The summed E-state index contributed by atoms with van der Waals surface area (Å²) in [6.07, 6.45) is 0. The standard InChI is InChI=1S/C8H6N3O/c12-8-9-7(10-11-8)6-4-2-1-3-5-6/h2-5H,(H2,9,10,11,12). The van der Waals surface area contributed by atoms with E-state index in [1.54, 1.807) is 12.1 Å². The van der Waals surface area contributed by atoms with Crippen molar-refractivity contribution in [3.05, 3.63) is 40.8 Å². The van der Waals surface area contributed by atoms with Crippen LogP contribution in [0, 0.1) is 6.07 Å². The first-order chi connectivity index (χ1) is 5.86. The molecule has 0 aliphatic carbocycles. The molecule has 0 saturated carbocycles. The highest BCUT2D eigenvalue weighted by Gasteiger charge is 1.98. The predicted octanol–water partition coefficient (Wildman–Crippen LogP) is 0.565. The van der Waals surface area contributed by atoms with Crippen LogP contribution in [0.15, 0.2) is 29.1 Å². The van der Waals surface area contributed by atoms with Crippen LogP contribution in [-0.2, 0) is 0 Å². The lowest BCUT2D eigenvalue weighted by Gasteiger charge is -1.91. The van der Waals surface area contributed by atoms with Gasteiger partial charge in [-0.1, -0.05) is 24.3 Å². The third kappa shape index (κ3) is 1.14. The second kappa shape index (κ2) is 2.65. The number of aromatic amines is 2. The Morgan fingerprint density at radius 1 is 1.33 bits per heavy atom. The first-order valence-corrected chi connectivity index (χ1v) is 3.47. The van der Waals surface area contributed by atoms with Crippen LogP contribution in [0.3, 0.4) is 0 Å². The van der Waals surface area contributed by atoms with Crippen molar-refractivity contribution in [2.24, 2.45) is 0 Å². The minimum absolute atomic E-state index is 0.294. The molecular weight excluding hydrogens is 154 g/mol. The van der Waals surface area contributed by atoms with Crippen LogP contribution in [0.1, 0.15) is 0 Å². The summed E-state index contributed by atoms with van der Waals surface area (Å²) in [4.78, 5) is 13.2. The van der Waals surface area contributed by atoms with Crippen molar-refractivity contribution in [2.75, 3.05) is 0 Å². The van der Waals surface area contributed by atoms with Gasteiger partial charge in [-0.2, -0.15) is 5.10 Å². The molecule has 0 fully saturated rings. The molecule has 0 bridgehead atoms. The van der Waals surface area contributed by atoms with Gasteiger partial charge in [0.1, 0.15) is 0 Å². The van der Waals surface area contributed by atoms with E-state index in [2.05, 4.69) is 21.2 Å². The SMILES string of the molecule is O=c1[nH]nc(-c2cc[c]cc2)[nH]1. The van der Waals surface area contributed by atoms with E-state index < -0.39 is 0 Å². The van der Waals surface area contributed by atoms with Gasteiger partial charge in [-0.15, -0.1) is 0 Å². The molecule has 1 heterocycles. The van der Waals surface area contributed by atoms with Crippen molar-refractivity contribution in [1.82, 2.24) is 15.2 Å². The molecule has 4 heteroatoms. The monoisotopic (exact) mass is 160 g/mol. The second-order valence-corrected chi connectivity index (χ2v) is 2.32. The fourth-order valence-corrected chi connectivity index (χ4v) is 0.952. The average molecular weight is 160 g/mol. The lowest BCUT2D eigenvalue weighted by atomic mass is 10.2. The molecule has 0 spiro atoms. The van der Waals surface area contributed by atoms with Crippen molar-refractivity contribution in [1.29, 1.82) is 0 Å². The third-order valence-electron chi connectivity index (χ3n) is 1.49. The Hall–Kier alpha value is -1.84. The van der Waals surface area contributed by atoms with E-state index in [0.29, 0.717) is 5.82 Å². The molecule has 2 rings (SSSR count). The minimum Gasteiger partial charge on any atom is -0.289 e. The lowest BCUT2D eigenvalue weighted by molar-refractivity contribution is 1.05. The zero-order chi connectivity index (χ0) is 8.39. The summed E-state index contributed by atoms with van der Waals surface area (Å²) in [5, 5.41) is 6.07.